The van der Waals surface area contributed by atoms with E-state index < -0.39 is 0 Å². The van der Waals surface area contributed by atoms with Gasteiger partial charge in [0.25, 0.3) is 0 Å². The Hall–Kier alpha value is -2.62. The van der Waals surface area contributed by atoms with E-state index in [1.807, 2.05) is 42.6 Å². The van der Waals surface area contributed by atoms with E-state index in [0.717, 1.165) is 34.6 Å². The predicted octanol–water partition coefficient (Wildman–Crippen LogP) is 3.81. The number of aromatic nitrogens is 2. The average Bonchev–Trinajstić information content (AvgIpc) is 2.48. The summed E-state index contributed by atoms with van der Waals surface area (Å²) in [5.74, 6) is 1.70. The van der Waals surface area contributed by atoms with Gasteiger partial charge >= 0.3 is 0 Å². The third-order valence-corrected chi connectivity index (χ3v) is 3.05. The lowest BCUT2D eigenvalue weighted by atomic mass is 10.1. The first-order valence-corrected chi connectivity index (χ1v) is 6.67. The Morgan fingerprint density at radius 1 is 1.00 bits per heavy atom. The highest BCUT2D eigenvalue weighted by Gasteiger charge is 2.02. The number of nitrogens with zero attached hydrogens (tertiary/aromatic N) is 2. The van der Waals surface area contributed by atoms with E-state index in [9.17, 15) is 0 Å². The predicted molar refractivity (Wildman–Crippen MR) is 83.4 cm³/mol. The maximum Gasteiger partial charge on any atom is 0.132 e. The minimum Gasteiger partial charge on any atom is -0.370 e. The molecule has 4 nitrogen and oxygen atoms in total. The van der Waals surface area contributed by atoms with Crippen molar-refractivity contribution in [2.75, 3.05) is 17.2 Å². The van der Waals surface area contributed by atoms with Gasteiger partial charge in [0.05, 0.1) is 0 Å². The van der Waals surface area contributed by atoms with Gasteiger partial charge in [0, 0.05) is 35.4 Å². The van der Waals surface area contributed by atoms with Crippen LogP contribution in [0.3, 0.4) is 0 Å². The van der Waals surface area contributed by atoms with Crippen LogP contribution in [-0.2, 0) is 0 Å². The van der Waals surface area contributed by atoms with Crippen molar-refractivity contribution in [2.45, 2.75) is 6.92 Å². The van der Waals surface area contributed by atoms with Crippen molar-refractivity contribution in [3.05, 3.63) is 54.9 Å². The molecule has 0 unspecified atom stereocenters. The molecule has 2 N–H and O–H groups in total. The highest BCUT2D eigenvalue weighted by Crippen LogP contribution is 2.25. The number of hydrogen-bond donors (Lipinski definition) is 2. The minimum atomic E-state index is 0.827. The Bertz CT molecular complexity index is 719. The fourth-order valence-corrected chi connectivity index (χ4v) is 2.15. The molecule has 100 valence electrons. The summed E-state index contributed by atoms with van der Waals surface area (Å²) in [6, 6.07) is 14.0. The molecule has 0 saturated heterocycles. The highest BCUT2D eigenvalue weighted by atomic mass is 15.1. The molecule has 20 heavy (non-hydrogen) atoms. The molecule has 0 amide bonds. The standard InChI is InChI=1S/C16H16N4/c1-2-18-15-7-4-8-16(20-15)19-14-6-3-5-12-11-17-10-9-13(12)14/h3-11H,2H2,1H3,(H2,18,19,20). The molecular weight excluding hydrogens is 248 g/mol. The third kappa shape index (κ3) is 2.54. The summed E-state index contributed by atoms with van der Waals surface area (Å²) in [7, 11) is 0. The number of rotatable bonds is 4. The van der Waals surface area contributed by atoms with Crippen LogP contribution in [-0.4, -0.2) is 16.5 Å². The van der Waals surface area contributed by atoms with Gasteiger partial charge in [-0.3, -0.25) is 4.98 Å². The molecule has 2 heterocycles. The van der Waals surface area contributed by atoms with Gasteiger partial charge in [-0.25, -0.2) is 4.98 Å². The van der Waals surface area contributed by atoms with Crippen LogP contribution in [0.5, 0.6) is 0 Å². The Kier molecular flexibility index (Phi) is 3.46. The maximum absolute atomic E-state index is 4.53. The topological polar surface area (TPSA) is 49.8 Å². The van der Waals surface area contributed by atoms with E-state index in [0.29, 0.717) is 0 Å². The Morgan fingerprint density at radius 3 is 2.75 bits per heavy atom. The average molecular weight is 264 g/mol. The quantitative estimate of drug-likeness (QED) is 0.752. The zero-order valence-corrected chi connectivity index (χ0v) is 11.3. The van der Waals surface area contributed by atoms with Gasteiger partial charge in [-0.2, -0.15) is 0 Å². The van der Waals surface area contributed by atoms with Crippen molar-refractivity contribution in [1.29, 1.82) is 0 Å². The summed E-state index contributed by atoms with van der Waals surface area (Å²) in [5.41, 5.74) is 1.03. The van der Waals surface area contributed by atoms with Crippen LogP contribution in [0.1, 0.15) is 6.92 Å². The lowest BCUT2D eigenvalue weighted by Crippen LogP contribution is -2.01. The summed E-state index contributed by atoms with van der Waals surface area (Å²) in [5, 5.41) is 8.83. The number of fused-ring (bicyclic) bond motifs is 1. The van der Waals surface area contributed by atoms with Crippen molar-refractivity contribution in [3.63, 3.8) is 0 Å². The lowest BCUT2D eigenvalue weighted by Gasteiger charge is -2.10. The van der Waals surface area contributed by atoms with Crippen molar-refractivity contribution in [2.24, 2.45) is 0 Å². The molecule has 0 fully saturated rings. The van der Waals surface area contributed by atoms with Crippen LogP contribution in [0.2, 0.25) is 0 Å². The van der Waals surface area contributed by atoms with Gasteiger partial charge in [-0.1, -0.05) is 18.2 Å². The summed E-state index contributed by atoms with van der Waals surface area (Å²) in [6.07, 6.45) is 3.67. The number of pyridine rings is 2. The van der Waals surface area contributed by atoms with Crippen molar-refractivity contribution < 1.29 is 0 Å². The Labute approximate surface area is 117 Å². The summed E-state index contributed by atoms with van der Waals surface area (Å²) >= 11 is 0. The van der Waals surface area contributed by atoms with E-state index in [-0.39, 0.29) is 0 Å². The molecule has 2 aromatic heterocycles. The van der Waals surface area contributed by atoms with Crippen LogP contribution in [0, 0.1) is 0 Å². The number of hydrogen-bond acceptors (Lipinski definition) is 4. The van der Waals surface area contributed by atoms with Gasteiger partial charge in [0.15, 0.2) is 0 Å². The molecular formula is C16H16N4. The smallest absolute Gasteiger partial charge is 0.132 e. The molecule has 3 aromatic rings. The first kappa shape index (κ1) is 12.4. The molecule has 0 aliphatic rings. The lowest BCUT2D eigenvalue weighted by molar-refractivity contribution is 1.16. The van der Waals surface area contributed by atoms with Crippen molar-refractivity contribution in [1.82, 2.24) is 9.97 Å². The van der Waals surface area contributed by atoms with Crippen molar-refractivity contribution >= 4 is 28.1 Å². The van der Waals surface area contributed by atoms with Gasteiger partial charge in [0.2, 0.25) is 0 Å². The number of anilines is 3. The second-order valence-electron chi connectivity index (χ2n) is 4.47. The van der Waals surface area contributed by atoms with Crippen LogP contribution in [0.15, 0.2) is 54.9 Å². The summed E-state index contributed by atoms with van der Waals surface area (Å²) < 4.78 is 0. The van der Waals surface area contributed by atoms with Gasteiger partial charge in [0.1, 0.15) is 11.6 Å². The van der Waals surface area contributed by atoms with Gasteiger partial charge in [-0.15, -0.1) is 0 Å². The number of nitrogens with one attached hydrogen (secondary N) is 2. The molecule has 1 aromatic carbocycles. The third-order valence-electron chi connectivity index (χ3n) is 3.05. The van der Waals surface area contributed by atoms with Crippen LogP contribution in [0.25, 0.3) is 10.8 Å². The molecule has 0 aliphatic heterocycles. The maximum atomic E-state index is 4.53. The van der Waals surface area contributed by atoms with E-state index in [4.69, 9.17) is 0 Å². The van der Waals surface area contributed by atoms with E-state index in [1.165, 1.54) is 0 Å². The molecule has 0 atom stereocenters. The second kappa shape index (κ2) is 5.57. The molecule has 4 heteroatoms. The highest BCUT2D eigenvalue weighted by molar-refractivity contribution is 5.94. The molecule has 3 rings (SSSR count). The normalized spacial score (nSPS) is 10.4. The van der Waals surface area contributed by atoms with Gasteiger partial charge < -0.3 is 10.6 Å². The zero-order valence-electron chi connectivity index (χ0n) is 11.3. The van der Waals surface area contributed by atoms with E-state index >= 15 is 0 Å². The SMILES string of the molecule is CCNc1cccc(Nc2cccc3cnccc23)n1. The van der Waals surface area contributed by atoms with Crippen LogP contribution >= 0.6 is 0 Å². The molecule has 0 bridgehead atoms. The Morgan fingerprint density at radius 2 is 1.85 bits per heavy atom. The minimum absolute atomic E-state index is 0.827. The zero-order chi connectivity index (χ0) is 13.8. The van der Waals surface area contributed by atoms with Crippen LogP contribution < -0.4 is 10.6 Å². The van der Waals surface area contributed by atoms with E-state index in [2.05, 4.69) is 33.6 Å². The fraction of sp³-hybridized carbons (Fsp3) is 0.125. The fourth-order valence-electron chi connectivity index (χ4n) is 2.15. The molecule has 0 radical (unpaired) electrons. The van der Waals surface area contributed by atoms with E-state index in [1.54, 1.807) is 6.20 Å². The summed E-state index contributed by atoms with van der Waals surface area (Å²) in [4.78, 5) is 8.67. The largest absolute Gasteiger partial charge is 0.370 e. The first-order chi connectivity index (χ1) is 9.86. The van der Waals surface area contributed by atoms with Crippen molar-refractivity contribution in [3.8, 4) is 0 Å². The van der Waals surface area contributed by atoms with Gasteiger partial charge in [-0.05, 0) is 31.2 Å². The van der Waals surface area contributed by atoms with Crippen LogP contribution in [0.4, 0.5) is 17.3 Å². The molecule has 0 aliphatic carbocycles. The Balaban J connectivity index is 1.95. The monoisotopic (exact) mass is 264 g/mol. The second-order valence-corrected chi connectivity index (χ2v) is 4.47. The summed E-state index contributed by atoms with van der Waals surface area (Å²) in [6.45, 7) is 2.91. The number of benzene rings is 1. The molecule has 0 saturated carbocycles. The molecule has 0 spiro atoms. The first-order valence-electron chi connectivity index (χ1n) is 6.67.